The number of rotatable bonds is 11. The molecule has 1 amide bonds. The third-order valence-corrected chi connectivity index (χ3v) is 6.54. The van der Waals surface area contributed by atoms with Crippen molar-refractivity contribution in [1.82, 2.24) is 10.0 Å². The van der Waals surface area contributed by atoms with Gasteiger partial charge in [-0.15, -0.1) is 0 Å². The molecule has 34 heavy (non-hydrogen) atoms. The van der Waals surface area contributed by atoms with Crippen LogP contribution in [0.4, 0.5) is 0 Å². The van der Waals surface area contributed by atoms with E-state index in [1.165, 1.54) is 29.8 Å². The van der Waals surface area contributed by atoms with Crippen molar-refractivity contribution in [2.75, 3.05) is 6.61 Å². The molecule has 0 heterocycles. The summed E-state index contributed by atoms with van der Waals surface area (Å²) in [5, 5.41) is 2.80. The predicted octanol–water partition coefficient (Wildman–Crippen LogP) is 3.46. The molecule has 0 radical (unpaired) electrons. The highest BCUT2D eigenvalue weighted by Crippen LogP contribution is 2.13. The van der Waals surface area contributed by atoms with Crippen LogP contribution in [-0.2, 0) is 32.5 Å². The van der Waals surface area contributed by atoms with Gasteiger partial charge < -0.3 is 10.1 Å². The standard InChI is InChI=1S/C26H28N2O5S/c1-20(15-16-21-9-4-2-5-10-21)28-25(29)19-33-26(30)23-13-8-14-24(17-23)34(31,32)27-18-22-11-6-3-7-12-22/h2-14,17,20,27H,15-16,18-19H2,1H3,(H,28,29). The van der Waals surface area contributed by atoms with Gasteiger partial charge >= 0.3 is 5.97 Å². The first-order valence-corrected chi connectivity index (χ1v) is 12.5. The minimum Gasteiger partial charge on any atom is -0.452 e. The van der Waals surface area contributed by atoms with Gasteiger partial charge in [0.25, 0.3) is 5.91 Å². The van der Waals surface area contributed by atoms with Crippen molar-refractivity contribution in [1.29, 1.82) is 0 Å². The number of nitrogens with one attached hydrogen (secondary N) is 2. The Kier molecular flexibility index (Phi) is 8.95. The van der Waals surface area contributed by atoms with E-state index in [4.69, 9.17) is 4.74 Å². The van der Waals surface area contributed by atoms with Gasteiger partial charge in [0.15, 0.2) is 6.61 Å². The molecule has 0 aliphatic rings. The van der Waals surface area contributed by atoms with Crippen molar-refractivity contribution in [3.8, 4) is 0 Å². The van der Waals surface area contributed by atoms with Crippen LogP contribution in [0.15, 0.2) is 89.8 Å². The molecule has 0 fully saturated rings. The summed E-state index contributed by atoms with van der Waals surface area (Å²) < 4.78 is 32.8. The zero-order valence-electron chi connectivity index (χ0n) is 18.9. The molecule has 0 bridgehead atoms. The summed E-state index contributed by atoms with van der Waals surface area (Å²) >= 11 is 0. The van der Waals surface area contributed by atoms with Crippen molar-refractivity contribution in [2.24, 2.45) is 0 Å². The molecule has 0 saturated heterocycles. The maximum absolute atomic E-state index is 12.6. The Bertz CT molecular complexity index is 1200. The normalized spacial score (nSPS) is 12.0. The van der Waals surface area contributed by atoms with Gasteiger partial charge in [-0.25, -0.2) is 17.9 Å². The largest absolute Gasteiger partial charge is 0.452 e. The molecule has 8 heteroatoms. The number of amides is 1. The first-order valence-electron chi connectivity index (χ1n) is 11.0. The number of sulfonamides is 1. The SMILES string of the molecule is CC(CCc1ccccc1)NC(=O)COC(=O)c1cccc(S(=O)(=O)NCc2ccccc2)c1. The zero-order chi connectivity index (χ0) is 24.4. The van der Waals surface area contributed by atoms with E-state index in [1.807, 2.05) is 67.6 Å². The van der Waals surface area contributed by atoms with Crippen LogP contribution < -0.4 is 10.0 Å². The van der Waals surface area contributed by atoms with E-state index in [1.54, 1.807) is 0 Å². The van der Waals surface area contributed by atoms with Gasteiger partial charge in [-0.3, -0.25) is 4.79 Å². The van der Waals surface area contributed by atoms with Crippen LogP contribution in [0.2, 0.25) is 0 Å². The Morgan fingerprint density at radius 1 is 0.882 bits per heavy atom. The molecular weight excluding hydrogens is 452 g/mol. The Hall–Kier alpha value is -3.49. The smallest absolute Gasteiger partial charge is 0.338 e. The van der Waals surface area contributed by atoms with Gasteiger partial charge in [0.1, 0.15) is 0 Å². The average Bonchev–Trinajstić information content (AvgIpc) is 2.86. The lowest BCUT2D eigenvalue weighted by molar-refractivity contribution is -0.124. The van der Waals surface area contributed by atoms with Crippen molar-refractivity contribution < 1.29 is 22.7 Å². The number of esters is 1. The summed E-state index contributed by atoms with van der Waals surface area (Å²) in [6.07, 6.45) is 1.57. The molecule has 0 aromatic heterocycles. The van der Waals surface area contributed by atoms with Gasteiger partial charge in [-0.05, 0) is 49.1 Å². The summed E-state index contributed by atoms with van der Waals surface area (Å²) in [5.41, 5.74) is 2.04. The van der Waals surface area contributed by atoms with Crippen molar-refractivity contribution >= 4 is 21.9 Å². The van der Waals surface area contributed by atoms with Crippen LogP contribution in [0.5, 0.6) is 0 Å². The molecule has 1 atom stereocenters. The van der Waals surface area contributed by atoms with Gasteiger partial charge in [-0.2, -0.15) is 0 Å². The molecule has 3 aromatic rings. The van der Waals surface area contributed by atoms with Crippen molar-refractivity contribution in [3.63, 3.8) is 0 Å². The van der Waals surface area contributed by atoms with Crippen LogP contribution in [0.3, 0.4) is 0 Å². The fraction of sp³-hybridized carbons (Fsp3) is 0.231. The van der Waals surface area contributed by atoms with E-state index in [0.717, 1.165) is 18.4 Å². The van der Waals surface area contributed by atoms with E-state index in [-0.39, 0.29) is 23.0 Å². The fourth-order valence-corrected chi connectivity index (χ4v) is 4.34. The summed E-state index contributed by atoms with van der Waals surface area (Å²) in [6, 6.07) is 24.5. The predicted molar refractivity (Wildman–Crippen MR) is 130 cm³/mol. The van der Waals surface area contributed by atoms with Crippen LogP contribution >= 0.6 is 0 Å². The summed E-state index contributed by atoms with van der Waals surface area (Å²) in [5.74, 6) is -1.19. The lowest BCUT2D eigenvalue weighted by Gasteiger charge is -2.14. The maximum Gasteiger partial charge on any atom is 0.338 e. The van der Waals surface area contributed by atoms with E-state index >= 15 is 0 Å². The van der Waals surface area contributed by atoms with Crippen molar-refractivity contribution in [3.05, 3.63) is 102 Å². The number of ether oxygens (including phenoxy) is 1. The number of benzene rings is 3. The highest BCUT2D eigenvalue weighted by molar-refractivity contribution is 7.89. The Balaban J connectivity index is 1.49. The van der Waals surface area contributed by atoms with Gasteiger partial charge in [-0.1, -0.05) is 66.7 Å². The van der Waals surface area contributed by atoms with Gasteiger partial charge in [0.05, 0.1) is 10.5 Å². The first kappa shape index (κ1) is 25.1. The number of carbonyl (C=O) groups excluding carboxylic acids is 2. The van der Waals surface area contributed by atoms with Crippen molar-refractivity contribution in [2.45, 2.75) is 37.2 Å². The second-order valence-electron chi connectivity index (χ2n) is 7.91. The lowest BCUT2D eigenvalue weighted by Crippen LogP contribution is -2.36. The average molecular weight is 481 g/mol. The number of hydrogen-bond donors (Lipinski definition) is 2. The molecule has 0 saturated carbocycles. The van der Waals surface area contributed by atoms with E-state index < -0.39 is 28.5 Å². The molecule has 0 spiro atoms. The topological polar surface area (TPSA) is 102 Å². The molecule has 3 rings (SSSR count). The second kappa shape index (κ2) is 12.1. The minimum atomic E-state index is -3.83. The summed E-state index contributed by atoms with van der Waals surface area (Å²) in [7, 11) is -3.83. The molecule has 3 aromatic carbocycles. The van der Waals surface area contributed by atoms with E-state index in [2.05, 4.69) is 10.0 Å². The molecule has 2 N–H and O–H groups in total. The quantitative estimate of drug-likeness (QED) is 0.409. The molecule has 178 valence electrons. The minimum absolute atomic E-state index is 0.0486. The highest BCUT2D eigenvalue weighted by atomic mass is 32.2. The Morgan fingerprint density at radius 3 is 2.21 bits per heavy atom. The third kappa shape index (κ3) is 7.83. The first-order chi connectivity index (χ1) is 16.3. The molecule has 1 unspecified atom stereocenters. The Labute approximate surface area is 200 Å². The highest BCUT2D eigenvalue weighted by Gasteiger charge is 2.18. The monoisotopic (exact) mass is 480 g/mol. The number of hydrogen-bond acceptors (Lipinski definition) is 5. The molecule has 0 aliphatic carbocycles. The summed E-state index contributed by atoms with van der Waals surface area (Å²) in [6.45, 7) is 1.57. The van der Waals surface area contributed by atoms with Crippen LogP contribution in [0.1, 0.15) is 34.8 Å². The lowest BCUT2D eigenvalue weighted by atomic mass is 10.1. The van der Waals surface area contributed by atoms with Gasteiger partial charge in [0, 0.05) is 12.6 Å². The van der Waals surface area contributed by atoms with Crippen LogP contribution in [0, 0.1) is 0 Å². The fourth-order valence-electron chi connectivity index (χ4n) is 3.28. The molecule has 7 nitrogen and oxygen atoms in total. The molecule has 0 aliphatic heterocycles. The number of aryl methyl sites for hydroxylation is 1. The van der Waals surface area contributed by atoms with Gasteiger partial charge in [0.2, 0.25) is 10.0 Å². The van der Waals surface area contributed by atoms with Crippen LogP contribution in [0.25, 0.3) is 0 Å². The molecular formula is C26H28N2O5S. The number of carbonyl (C=O) groups is 2. The zero-order valence-corrected chi connectivity index (χ0v) is 19.8. The maximum atomic E-state index is 12.6. The van der Waals surface area contributed by atoms with E-state index in [0.29, 0.717) is 0 Å². The third-order valence-electron chi connectivity index (χ3n) is 5.14. The Morgan fingerprint density at radius 2 is 1.53 bits per heavy atom. The summed E-state index contributed by atoms with van der Waals surface area (Å²) in [4.78, 5) is 24.5. The second-order valence-corrected chi connectivity index (χ2v) is 9.67. The van der Waals surface area contributed by atoms with Crippen LogP contribution in [-0.4, -0.2) is 32.9 Å². The van der Waals surface area contributed by atoms with E-state index in [9.17, 15) is 18.0 Å².